The maximum atomic E-state index is 6.15. The van der Waals surface area contributed by atoms with Gasteiger partial charge in [-0.15, -0.1) is 11.3 Å². The van der Waals surface area contributed by atoms with Gasteiger partial charge >= 0.3 is 0 Å². The zero-order valence-corrected chi connectivity index (χ0v) is 11.7. The Morgan fingerprint density at radius 1 is 1.24 bits per heavy atom. The first kappa shape index (κ1) is 12.6. The van der Waals surface area contributed by atoms with Crippen molar-refractivity contribution in [3.05, 3.63) is 45.8 Å². The summed E-state index contributed by atoms with van der Waals surface area (Å²) in [6.07, 6.45) is 0. The van der Waals surface area contributed by atoms with Gasteiger partial charge < -0.3 is 5.32 Å². The van der Waals surface area contributed by atoms with Crippen LogP contribution in [0.4, 0.5) is 0 Å². The number of halogens is 1. The number of thiophene rings is 1. The van der Waals surface area contributed by atoms with Crippen LogP contribution in [0.5, 0.6) is 0 Å². The van der Waals surface area contributed by atoms with Crippen LogP contribution in [0.1, 0.15) is 17.4 Å². The van der Waals surface area contributed by atoms with Crippen LogP contribution in [-0.4, -0.2) is 6.54 Å². The van der Waals surface area contributed by atoms with E-state index in [9.17, 15) is 0 Å². The summed E-state index contributed by atoms with van der Waals surface area (Å²) in [5.41, 5.74) is 2.40. The minimum absolute atomic E-state index is 0.837. The largest absolute Gasteiger partial charge is 0.312 e. The quantitative estimate of drug-likeness (QED) is 0.859. The summed E-state index contributed by atoms with van der Waals surface area (Å²) < 4.78 is 0. The van der Waals surface area contributed by atoms with Crippen molar-refractivity contribution in [2.24, 2.45) is 0 Å². The summed E-state index contributed by atoms with van der Waals surface area (Å²) >= 11 is 7.97. The normalized spacial score (nSPS) is 10.8. The van der Waals surface area contributed by atoms with Crippen LogP contribution in [0.25, 0.3) is 10.4 Å². The van der Waals surface area contributed by atoms with Crippen LogP contribution < -0.4 is 5.32 Å². The molecule has 0 saturated carbocycles. The molecule has 17 heavy (non-hydrogen) atoms. The third-order valence-electron chi connectivity index (χ3n) is 2.74. The molecule has 3 heteroatoms. The zero-order valence-electron chi connectivity index (χ0n) is 10.1. The minimum Gasteiger partial charge on any atom is -0.312 e. The van der Waals surface area contributed by atoms with E-state index in [4.69, 9.17) is 11.6 Å². The zero-order chi connectivity index (χ0) is 12.3. The van der Waals surface area contributed by atoms with Gasteiger partial charge in [-0.2, -0.15) is 0 Å². The van der Waals surface area contributed by atoms with Crippen LogP contribution in [-0.2, 0) is 6.54 Å². The first-order chi connectivity index (χ1) is 8.22. The second-order valence-electron chi connectivity index (χ2n) is 3.96. The first-order valence-corrected chi connectivity index (χ1v) is 6.96. The first-order valence-electron chi connectivity index (χ1n) is 5.77. The van der Waals surface area contributed by atoms with Crippen molar-refractivity contribution in [1.29, 1.82) is 0 Å². The highest BCUT2D eigenvalue weighted by molar-refractivity contribution is 7.15. The highest BCUT2D eigenvalue weighted by Gasteiger charge is 2.07. The van der Waals surface area contributed by atoms with E-state index in [1.807, 2.05) is 23.5 Å². The van der Waals surface area contributed by atoms with E-state index in [-0.39, 0.29) is 0 Å². The highest BCUT2D eigenvalue weighted by Crippen LogP contribution is 2.33. The Labute approximate surface area is 111 Å². The van der Waals surface area contributed by atoms with Gasteiger partial charge in [0.1, 0.15) is 0 Å². The van der Waals surface area contributed by atoms with Crippen LogP contribution in [0.2, 0.25) is 5.02 Å². The van der Waals surface area contributed by atoms with Gasteiger partial charge in [0.2, 0.25) is 0 Å². The van der Waals surface area contributed by atoms with Gasteiger partial charge in [0.05, 0.1) is 0 Å². The van der Waals surface area contributed by atoms with Crippen LogP contribution in [0.3, 0.4) is 0 Å². The smallest absolute Gasteiger partial charge is 0.0441 e. The molecule has 2 rings (SSSR count). The Morgan fingerprint density at radius 3 is 2.82 bits per heavy atom. The molecule has 1 heterocycles. The third kappa shape index (κ3) is 2.89. The van der Waals surface area contributed by atoms with Crippen molar-refractivity contribution in [3.63, 3.8) is 0 Å². The molecule has 0 aliphatic heterocycles. The van der Waals surface area contributed by atoms with Crippen LogP contribution >= 0.6 is 22.9 Å². The van der Waals surface area contributed by atoms with Crippen molar-refractivity contribution in [2.45, 2.75) is 20.4 Å². The lowest BCUT2D eigenvalue weighted by Crippen LogP contribution is -2.10. The van der Waals surface area contributed by atoms with Gasteiger partial charge in [-0.05, 0) is 42.8 Å². The Kier molecular flexibility index (Phi) is 4.21. The molecule has 0 saturated heterocycles. The van der Waals surface area contributed by atoms with E-state index in [0.29, 0.717) is 0 Å². The lowest BCUT2D eigenvalue weighted by Gasteiger charge is -2.04. The van der Waals surface area contributed by atoms with E-state index < -0.39 is 0 Å². The van der Waals surface area contributed by atoms with Gasteiger partial charge in [-0.3, -0.25) is 0 Å². The molecule has 90 valence electrons. The minimum atomic E-state index is 0.837. The number of benzene rings is 1. The van der Waals surface area contributed by atoms with Gasteiger partial charge in [0, 0.05) is 21.3 Å². The monoisotopic (exact) mass is 265 g/mol. The SMILES string of the molecule is CCNCc1ccc(-c2cccc(Cl)c2C)s1. The molecule has 0 radical (unpaired) electrons. The maximum absolute atomic E-state index is 6.15. The highest BCUT2D eigenvalue weighted by atomic mass is 35.5. The predicted octanol–water partition coefficient (Wildman–Crippen LogP) is 4.49. The summed E-state index contributed by atoms with van der Waals surface area (Å²) in [5.74, 6) is 0. The predicted molar refractivity (Wildman–Crippen MR) is 76.9 cm³/mol. The number of hydrogen-bond acceptors (Lipinski definition) is 2. The lowest BCUT2D eigenvalue weighted by atomic mass is 10.1. The van der Waals surface area contributed by atoms with Gasteiger partial charge in [-0.25, -0.2) is 0 Å². The molecule has 0 bridgehead atoms. The van der Waals surface area contributed by atoms with Crippen molar-refractivity contribution in [1.82, 2.24) is 5.32 Å². The summed E-state index contributed by atoms with van der Waals surface area (Å²) in [7, 11) is 0. The number of nitrogens with one attached hydrogen (secondary N) is 1. The molecule has 0 aliphatic carbocycles. The Morgan fingerprint density at radius 2 is 2.06 bits per heavy atom. The molecule has 0 fully saturated rings. The second kappa shape index (κ2) is 5.67. The second-order valence-corrected chi connectivity index (χ2v) is 5.53. The molecule has 1 aromatic heterocycles. The summed E-state index contributed by atoms with van der Waals surface area (Å²) in [6, 6.07) is 10.4. The molecule has 2 aromatic rings. The number of rotatable bonds is 4. The molecule has 0 amide bonds. The summed E-state index contributed by atoms with van der Waals surface area (Å²) in [6.45, 7) is 6.14. The van der Waals surface area contributed by atoms with Gasteiger partial charge in [-0.1, -0.05) is 30.7 Å². The van der Waals surface area contributed by atoms with Gasteiger partial charge in [0.25, 0.3) is 0 Å². The van der Waals surface area contributed by atoms with Gasteiger partial charge in [0.15, 0.2) is 0 Å². The fourth-order valence-electron chi connectivity index (χ4n) is 1.74. The average molecular weight is 266 g/mol. The molecule has 0 atom stereocenters. The van der Waals surface area contributed by atoms with E-state index in [0.717, 1.165) is 23.7 Å². The molecule has 1 aromatic carbocycles. The third-order valence-corrected chi connectivity index (χ3v) is 4.27. The Hall–Kier alpha value is -0.830. The fraction of sp³-hybridized carbons (Fsp3) is 0.286. The van der Waals surface area contributed by atoms with Crippen molar-refractivity contribution in [2.75, 3.05) is 6.54 Å². The lowest BCUT2D eigenvalue weighted by molar-refractivity contribution is 0.735. The average Bonchev–Trinajstić information content (AvgIpc) is 2.78. The summed E-state index contributed by atoms with van der Waals surface area (Å²) in [5, 5.41) is 4.18. The van der Waals surface area contributed by atoms with Crippen molar-refractivity contribution >= 4 is 22.9 Å². The van der Waals surface area contributed by atoms with Crippen LogP contribution in [0.15, 0.2) is 30.3 Å². The van der Waals surface area contributed by atoms with Crippen molar-refractivity contribution in [3.8, 4) is 10.4 Å². The standard InChI is InChI=1S/C14H16ClNS/c1-3-16-9-11-7-8-14(17-11)12-5-4-6-13(15)10(12)2/h4-8,16H,3,9H2,1-2H3. The molecule has 1 N–H and O–H groups in total. The molecule has 0 unspecified atom stereocenters. The van der Waals surface area contributed by atoms with Crippen LogP contribution in [0, 0.1) is 6.92 Å². The van der Waals surface area contributed by atoms with E-state index >= 15 is 0 Å². The number of hydrogen-bond donors (Lipinski definition) is 1. The molecule has 0 aliphatic rings. The molecule has 0 spiro atoms. The maximum Gasteiger partial charge on any atom is 0.0441 e. The molecular weight excluding hydrogens is 250 g/mol. The summed E-state index contributed by atoms with van der Waals surface area (Å²) in [4.78, 5) is 2.65. The van der Waals surface area contributed by atoms with Crippen molar-refractivity contribution < 1.29 is 0 Å². The van der Waals surface area contributed by atoms with E-state index in [2.05, 4.69) is 37.4 Å². The Bertz CT molecular complexity index is 505. The topological polar surface area (TPSA) is 12.0 Å². The fourth-order valence-corrected chi connectivity index (χ4v) is 2.97. The Balaban J connectivity index is 2.27. The molecular formula is C14H16ClNS. The van der Waals surface area contributed by atoms with E-state index in [1.165, 1.54) is 15.3 Å². The molecule has 1 nitrogen and oxygen atoms in total. The van der Waals surface area contributed by atoms with E-state index in [1.54, 1.807) is 0 Å².